The first-order chi connectivity index (χ1) is 19.4. The van der Waals surface area contributed by atoms with E-state index < -0.39 is 0 Å². The van der Waals surface area contributed by atoms with Crippen LogP contribution in [0.15, 0.2) is 85.1 Å². The minimum atomic E-state index is 0.223. The van der Waals surface area contributed by atoms with Crippen molar-refractivity contribution in [3.63, 3.8) is 0 Å². The second-order valence-corrected chi connectivity index (χ2v) is 9.95. The highest BCUT2D eigenvalue weighted by molar-refractivity contribution is 5.90. The third-order valence-electron chi connectivity index (χ3n) is 7.34. The minimum absolute atomic E-state index is 0.223. The number of rotatable bonds is 8. The van der Waals surface area contributed by atoms with Crippen molar-refractivity contribution in [2.45, 2.75) is 6.92 Å². The molecule has 1 aliphatic heterocycles. The minimum Gasteiger partial charge on any atom is -0.501 e. The van der Waals surface area contributed by atoms with Gasteiger partial charge in [-0.1, -0.05) is 30.9 Å². The summed E-state index contributed by atoms with van der Waals surface area (Å²) in [5, 5.41) is 18.5. The maximum atomic E-state index is 9.81. The van der Waals surface area contributed by atoms with E-state index in [0.29, 0.717) is 11.1 Å². The molecule has 204 valence electrons. The first-order valence-electron chi connectivity index (χ1n) is 13.2. The Labute approximate surface area is 234 Å². The average molecular weight is 535 g/mol. The second kappa shape index (κ2) is 11.5. The molecule has 5 rings (SSSR count). The fraction of sp³-hybridized carbons (Fsp3) is 0.258. The number of hydrogen-bond donors (Lipinski definition) is 1. The lowest BCUT2D eigenvalue weighted by atomic mass is 9.99. The smallest absolute Gasteiger partial charge is 0.164 e. The standard InChI is InChI=1S/C31H34N8O/c1-5-23(7-6-22(2)40-4)19-37-12-14-38(15-13-37)27-10-8-24(9-11-27)28-16-25(26-18-34-36(3)20-26)21-39-30(28)29(17-32)31(33)35-39/h5-11,16,18,20-21H,1,12-15,19H2,2-4H3,(H2,33,35)/b22-6+,23-7+. The quantitative estimate of drug-likeness (QED) is 0.260. The lowest BCUT2D eigenvalue weighted by Gasteiger charge is -2.36. The fourth-order valence-electron chi connectivity index (χ4n) is 5.01. The summed E-state index contributed by atoms with van der Waals surface area (Å²) in [4.78, 5) is 4.86. The van der Waals surface area contributed by atoms with Crippen molar-refractivity contribution in [2.24, 2.45) is 7.05 Å². The van der Waals surface area contributed by atoms with E-state index in [1.807, 2.05) is 44.7 Å². The predicted octanol–water partition coefficient (Wildman–Crippen LogP) is 4.64. The van der Waals surface area contributed by atoms with Crippen molar-refractivity contribution in [3.8, 4) is 28.3 Å². The van der Waals surface area contributed by atoms with Crippen LogP contribution in [0.2, 0.25) is 0 Å². The van der Waals surface area contributed by atoms with Gasteiger partial charge in [-0.25, -0.2) is 4.52 Å². The molecule has 4 aromatic rings. The van der Waals surface area contributed by atoms with Crippen LogP contribution >= 0.6 is 0 Å². The van der Waals surface area contributed by atoms with Crippen LogP contribution in [0.25, 0.3) is 27.8 Å². The van der Waals surface area contributed by atoms with E-state index >= 15 is 0 Å². The first-order valence-corrected chi connectivity index (χ1v) is 13.2. The molecule has 4 heterocycles. The lowest BCUT2D eigenvalue weighted by molar-refractivity contribution is 0.280. The molecular formula is C31H34N8O. The summed E-state index contributed by atoms with van der Waals surface area (Å²) in [6.45, 7) is 10.6. The molecular weight excluding hydrogens is 500 g/mol. The Hall–Kier alpha value is -4.81. The van der Waals surface area contributed by atoms with Crippen molar-refractivity contribution in [3.05, 3.63) is 90.6 Å². The van der Waals surface area contributed by atoms with Crippen molar-refractivity contribution >= 4 is 17.0 Å². The zero-order valence-corrected chi connectivity index (χ0v) is 23.2. The van der Waals surface area contributed by atoms with Gasteiger partial charge in [0.2, 0.25) is 0 Å². The molecule has 9 heteroatoms. The Morgan fingerprint density at radius 1 is 1.10 bits per heavy atom. The summed E-state index contributed by atoms with van der Waals surface area (Å²) in [6.07, 6.45) is 11.6. The molecule has 0 aliphatic carbocycles. The summed E-state index contributed by atoms with van der Waals surface area (Å²) in [5.41, 5.74) is 13.4. The number of allylic oxidation sites excluding steroid dienone is 3. The molecule has 0 bridgehead atoms. The number of nitrogens with zero attached hydrogens (tertiary/aromatic N) is 7. The number of methoxy groups -OCH3 is 1. The number of aryl methyl sites for hydroxylation is 1. The van der Waals surface area contributed by atoms with Crippen LogP contribution in [0.5, 0.6) is 0 Å². The van der Waals surface area contributed by atoms with E-state index in [0.717, 1.165) is 60.7 Å². The van der Waals surface area contributed by atoms with Gasteiger partial charge in [-0.05, 0) is 42.3 Å². The molecule has 40 heavy (non-hydrogen) atoms. The molecule has 9 nitrogen and oxygen atoms in total. The zero-order chi connectivity index (χ0) is 28.2. The van der Waals surface area contributed by atoms with Gasteiger partial charge >= 0.3 is 0 Å². The Morgan fingerprint density at radius 2 is 1.85 bits per heavy atom. The van der Waals surface area contributed by atoms with Gasteiger partial charge in [-0.2, -0.15) is 10.4 Å². The molecule has 0 amide bonds. The van der Waals surface area contributed by atoms with Crippen LogP contribution in [0.3, 0.4) is 0 Å². The number of piperazine rings is 1. The zero-order valence-electron chi connectivity index (χ0n) is 23.2. The number of nitrogen functional groups attached to an aromatic ring is 1. The summed E-state index contributed by atoms with van der Waals surface area (Å²) in [7, 11) is 3.56. The monoisotopic (exact) mass is 534 g/mol. The molecule has 0 unspecified atom stereocenters. The molecule has 2 N–H and O–H groups in total. The summed E-state index contributed by atoms with van der Waals surface area (Å²) in [5.74, 6) is 1.10. The molecule has 0 radical (unpaired) electrons. The summed E-state index contributed by atoms with van der Waals surface area (Å²) < 4.78 is 8.70. The van der Waals surface area contributed by atoms with E-state index in [1.165, 1.54) is 11.3 Å². The number of benzene rings is 1. The van der Waals surface area contributed by atoms with Gasteiger partial charge in [0, 0.05) is 74.5 Å². The van der Waals surface area contributed by atoms with Crippen molar-refractivity contribution in [1.82, 2.24) is 24.3 Å². The van der Waals surface area contributed by atoms with E-state index in [-0.39, 0.29) is 5.82 Å². The fourth-order valence-corrected chi connectivity index (χ4v) is 5.01. The topological polar surface area (TPSA) is 101 Å². The van der Waals surface area contributed by atoms with E-state index in [1.54, 1.807) is 16.3 Å². The van der Waals surface area contributed by atoms with Crippen LogP contribution < -0.4 is 10.6 Å². The molecule has 0 spiro atoms. The van der Waals surface area contributed by atoms with E-state index in [4.69, 9.17) is 10.5 Å². The Balaban J connectivity index is 1.36. The molecule has 3 aromatic heterocycles. The van der Waals surface area contributed by atoms with Gasteiger partial charge in [-0.3, -0.25) is 9.58 Å². The second-order valence-electron chi connectivity index (χ2n) is 9.95. The third kappa shape index (κ3) is 5.48. The van der Waals surface area contributed by atoms with Crippen molar-refractivity contribution < 1.29 is 4.74 Å². The Kier molecular flexibility index (Phi) is 7.71. The van der Waals surface area contributed by atoms with Crippen LogP contribution in [0.4, 0.5) is 11.5 Å². The normalized spacial score (nSPS) is 14.9. The number of hydrogen-bond acceptors (Lipinski definition) is 7. The van der Waals surface area contributed by atoms with Crippen LogP contribution in [-0.2, 0) is 11.8 Å². The highest BCUT2D eigenvalue weighted by atomic mass is 16.5. The highest BCUT2D eigenvalue weighted by Crippen LogP contribution is 2.34. The van der Waals surface area contributed by atoms with Crippen LogP contribution in [0, 0.1) is 11.3 Å². The number of anilines is 2. The number of pyridine rings is 1. The Morgan fingerprint density at radius 3 is 2.48 bits per heavy atom. The molecule has 1 fully saturated rings. The van der Waals surface area contributed by atoms with Gasteiger partial charge in [-0.15, -0.1) is 5.10 Å². The third-order valence-corrected chi connectivity index (χ3v) is 7.34. The first kappa shape index (κ1) is 26.8. The Bertz CT molecular complexity index is 1630. The summed E-state index contributed by atoms with van der Waals surface area (Å²) in [6, 6.07) is 12.8. The number of nitrogens with two attached hydrogens (primary N) is 1. The average Bonchev–Trinajstić information content (AvgIpc) is 3.56. The van der Waals surface area contributed by atoms with E-state index in [9.17, 15) is 5.26 Å². The largest absolute Gasteiger partial charge is 0.501 e. The van der Waals surface area contributed by atoms with Crippen molar-refractivity contribution in [2.75, 3.05) is 50.5 Å². The lowest BCUT2D eigenvalue weighted by Crippen LogP contribution is -2.46. The molecule has 1 saturated heterocycles. The van der Waals surface area contributed by atoms with Crippen LogP contribution in [0.1, 0.15) is 12.5 Å². The van der Waals surface area contributed by atoms with Crippen LogP contribution in [-0.4, -0.2) is 64.1 Å². The maximum absolute atomic E-state index is 9.81. The molecule has 0 saturated carbocycles. The van der Waals surface area contributed by atoms with Gasteiger partial charge in [0.25, 0.3) is 0 Å². The number of aromatic nitrogens is 4. The predicted molar refractivity (Wildman–Crippen MR) is 160 cm³/mol. The van der Waals surface area contributed by atoms with Crippen molar-refractivity contribution in [1.29, 1.82) is 5.26 Å². The highest BCUT2D eigenvalue weighted by Gasteiger charge is 2.20. The van der Waals surface area contributed by atoms with E-state index in [2.05, 4.69) is 69.1 Å². The number of fused-ring (bicyclic) bond motifs is 1. The molecule has 1 aliphatic rings. The molecule has 0 atom stereocenters. The van der Waals surface area contributed by atoms with Gasteiger partial charge in [0.15, 0.2) is 5.82 Å². The number of ether oxygens (including phenoxy) is 1. The van der Waals surface area contributed by atoms with Gasteiger partial charge in [0.1, 0.15) is 11.6 Å². The SMILES string of the molecule is C=C/C(=C\C=C(/C)OC)CN1CCN(c2ccc(-c3cc(-c4cnn(C)c4)cn4nc(N)c(C#N)c34)cc2)CC1. The summed E-state index contributed by atoms with van der Waals surface area (Å²) >= 11 is 0. The maximum Gasteiger partial charge on any atom is 0.164 e. The molecule has 1 aromatic carbocycles. The van der Waals surface area contributed by atoms with Gasteiger partial charge < -0.3 is 15.4 Å². The van der Waals surface area contributed by atoms with Gasteiger partial charge in [0.05, 0.1) is 24.6 Å². The number of nitriles is 1.